The van der Waals surface area contributed by atoms with Gasteiger partial charge < -0.3 is 5.32 Å². The van der Waals surface area contributed by atoms with E-state index in [-0.39, 0.29) is 11.7 Å². The van der Waals surface area contributed by atoms with E-state index in [2.05, 4.69) is 80.2 Å². The first-order valence-electron chi connectivity index (χ1n) is 11.1. The Morgan fingerprint density at radius 3 is 2.29 bits per heavy atom. The minimum atomic E-state index is -0.0715. The van der Waals surface area contributed by atoms with Crippen molar-refractivity contribution in [1.29, 1.82) is 0 Å². The molecular weight excluding hydrogens is 508 g/mol. The molecular formula is C27H27BrN4OS. The number of anilines is 1. The van der Waals surface area contributed by atoms with Crippen LogP contribution in [0.2, 0.25) is 0 Å². The van der Waals surface area contributed by atoms with Gasteiger partial charge in [0.15, 0.2) is 5.16 Å². The maximum Gasteiger partial charge on any atom is 0.234 e. The van der Waals surface area contributed by atoms with Gasteiger partial charge >= 0.3 is 0 Å². The number of thioether (sulfide) groups is 1. The Kier molecular flexibility index (Phi) is 7.54. The summed E-state index contributed by atoms with van der Waals surface area (Å²) in [5, 5.41) is 12.7. The number of carbonyl (C=O) groups excluding carboxylic acids is 1. The summed E-state index contributed by atoms with van der Waals surface area (Å²) >= 11 is 4.90. The fourth-order valence-corrected chi connectivity index (χ4v) is 5.28. The fourth-order valence-electron chi connectivity index (χ4n) is 3.82. The Bertz CT molecular complexity index is 1310. The van der Waals surface area contributed by atoms with Gasteiger partial charge in [0.25, 0.3) is 0 Å². The van der Waals surface area contributed by atoms with E-state index in [0.29, 0.717) is 11.6 Å². The molecule has 1 N–H and O–H groups in total. The third-order valence-electron chi connectivity index (χ3n) is 5.75. The van der Waals surface area contributed by atoms with Crippen LogP contribution < -0.4 is 5.32 Å². The normalized spacial score (nSPS) is 11.0. The molecule has 0 spiro atoms. The highest BCUT2D eigenvalue weighted by atomic mass is 79.9. The molecule has 0 aliphatic carbocycles. The molecule has 1 amide bonds. The van der Waals surface area contributed by atoms with Crippen LogP contribution in [-0.4, -0.2) is 26.4 Å². The zero-order valence-electron chi connectivity index (χ0n) is 19.7. The Labute approximate surface area is 213 Å². The van der Waals surface area contributed by atoms with Crippen molar-refractivity contribution in [2.45, 2.75) is 39.3 Å². The van der Waals surface area contributed by atoms with Crippen LogP contribution in [-0.2, 0) is 11.2 Å². The van der Waals surface area contributed by atoms with Crippen molar-refractivity contribution >= 4 is 39.3 Å². The predicted octanol–water partition coefficient (Wildman–Crippen LogP) is 6.59. The van der Waals surface area contributed by atoms with E-state index in [9.17, 15) is 4.79 Å². The molecule has 7 heteroatoms. The molecule has 34 heavy (non-hydrogen) atoms. The van der Waals surface area contributed by atoms with Gasteiger partial charge in [-0.2, -0.15) is 0 Å². The second kappa shape index (κ2) is 10.6. The third-order valence-corrected chi connectivity index (χ3v) is 7.14. The zero-order chi connectivity index (χ0) is 24.2. The van der Waals surface area contributed by atoms with Gasteiger partial charge in [-0.25, -0.2) is 0 Å². The average molecular weight is 536 g/mol. The number of amides is 1. The van der Waals surface area contributed by atoms with Crippen LogP contribution in [0.3, 0.4) is 0 Å². The first kappa shape index (κ1) is 24.2. The van der Waals surface area contributed by atoms with Crippen LogP contribution in [0.15, 0.2) is 70.3 Å². The lowest BCUT2D eigenvalue weighted by Crippen LogP contribution is -2.16. The maximum absolute atomic E-state index is 12.8. The van der Waals surface area contributed by atoms with E-state index in [1.54, 1.807) is 0 Å². The minimum absolute atomic E-state index is 0.0715. The van der Waals surface area contributed by atoms with Crippen molar-refractivity contribution in [3.8, 4) is 5.69 Å². The van der Waals surface area contributed by atoms with E-state index in [1.165, 1.54) is 22.9 Å². The van der Waals surface area contributed by atoms with Crippen LogP contribution >= 0.6 is 27.7 Å². The second-order valence-corrected chi connectivity index (χ2v) is 10.3. The van der Waals surface area contributed by atoms with Gasteiger partial charge in [0.1, 0.15) is 5.82 Å². The number of rotatable bonds is 7. The first-order valence-corrected chi connectivity index (χ1v) is 12.8. The van der Waals surface area contributed by atoms with Crippen molar-refractivity contribution in [3.63, 3.8) is 0 Å². The van der Waals surface area contributed by atoms with Gasteiger partial charge in [0.05, 0.1) is 5.75 Å². The lowest BCUT2D eigenvalue weighted by molar-refractivity contribution is -0.113. The molecule has 0 radical (unpaired) electrons. The molecule has 0 atom stereocenters. The van der Waals surface area contributed by atoms with Crippen molar-refractivity contribution in [2.24, 2.45) is 0 Å². The van der Waals surface area contributed by atoms with E-state index < -0.39 is 0 Å². The number of benzene rings is 3. The summed E-state index contributed by atoms with van der Waals surface area (Å²) in [4.78, 5) is 12.8. The highest BCUT2D eigenvalue weighted by Crippen LogP contribution is 2.27. The summed E-state index contributed by atoms with van der Waals surface area (Å²) in [6.45, 7) is 8.19. The average Bonchev–Trinajstić information content (AvgIpc) is 3.19. The molecule has 0 saturated heterocycles. The van der Waals surface area contributed by atoms with Gasteiger partial charge in [0.2, 0.25) is 5.91 Å². The van der Waals surface area contributed by atoms with Crippen LogP contribution in [0.4, 0.5) is 5.69 Å². The molecule has 0 saturated carbocycles. The Morgan fingerprint density at radius 1 is 0.912 bits per heavy atom. The van der Waals surface area contributed by atoms with Crippen molar-refractivity contribution in [2.75, 3.05) is 11.1 Å². The second-order valence-electron chi connectivity index (χ2n) is 8.42. The van der Waals surface area contributed by atoms with E-state index >= 15 is 0 Å². The molecule has 4 aromatic rings. The lowest BCUT2D eigenvalue weighted by atomic mass is 10.1. The number of halogens is 1. The molecule has 0 aliphatic rings. The SMILES string of the molecule is Cc1ccc(-n2c(Cc3ccccc3)nnc2SCC(=O)Nc2c(C)cc(Br)cc2C)cc1C. The standard InChI is InChI=1S/C27H27BrN4OS/c1-17-10-11-23(14-18(17)2)32-24(15-21-8-6-5-7-9-21)30-31-27(32)34-16-25(33)29-26-19(3)12-22(28)13-20(26)4/h5-14H,15-16H2,1-4H3,(H,29,33). The zero-order valence-corrected chi connectivity index (χ0v) is 22.1. The summed E-state index contributed by atoms with van der Waals surface area (Å²) in [5.41, 5.74) is 7.50. The van der Waals surface area contributed by atoms with Gasteiger partial charge in [-0.15, -0.1) is 10.2 Å². The Hall–Kier alpha value is -2.90. The molecule has 0 aliphatic heterocycles. The number of hydrogen-bond donors (Lipinski definition) is 1. The molecule has 3 aromatic carbocycles. The minimum Gasteiger partial charge on any atom is -0.325 e. The fraction of sp³-hybridized carbons (Fsp3) is 0.222. The molecule has 4 rings (SSSR count). The maximum atomic E-state index is 12.8. The van der Waals surface area contributed by atoms with E-state index in [1.807, 2.05) is 44.2 Å². The topological polar surface area (TPSA) is 59.8 Å². The van der Waals surface area contributed by atoms with Crippen LogP contribution in [0.25, 0.3) is 5.69 Å². The molecule has 5 nitrogen and oxygen atoms in total. The summed E-state index contributed by atoms with van der Waals surface area (Å²) in [6, 6.07) is 20.6. The van der Waals surface area contributed by atoms with Crippen molar-refractivity contribution < 1.29 is 4.79 Å². The molecule has 0 unspecified atom stereocenters. The molecule has 1 heterocycles. The Morgan fingerprint density at radius 2 is 1.62 bits per heavy atom. The van der Waals surface area contributed by atoms with E-state index in [0.717, 1.165) is 38.4 Å². The Balaban J connectivity index is 1.59. The van der Waals surface area contributed by atoms with Crippen LogP contribution in [0.1, 0.15) is 33.6 Å². The third kappa shape index (κ3) is 5.59. The number of nitrogens with zero attached hydrogens (tertiary/aromatic N) is 3. The lowest BCUT2D eigenvalue weighted by Gasteiger charge is -2.14. The summed E-state index contributed by atoms with van der Waals surface area (Å²) in [5.74, 6) is 1.01. The summed E-state index contributed by atoms with van der Waals surface area (Å²) in [7, 11) is 0. The molecule has 174 valence electrons. The number of aromatic nitrogens is 3. The summed E-state index contributed by atoms with van der Waals surface area (Å²) < 4.78 is 3.07. The largest absolute Gasteiger partial charge is 0.325 e. The van der Waals surface area contributed by atoms with Gasteiger partial charge in [-0.05, 0) is 79.8 Å². The summed E-state index contributed by atoms with van der Waals surface area (Å²) in [6.07, 6.45) is 0.658. The predicted molar refractivity (Wildman–Crippen MR) is 143 cm³/mol. The van der Waals surface area contributed by atoms with Gasteiger partial charge in [-0.1, -0.05) is 64.1 Å². The van der Waals surface area contributed by atoms with Crippen LogP contribution in [0.5, 0.6) is 0 Å². The monoisotopic (exact) mass is 534 g/mol. The van der Waals surface area contributed by atoms with Crippen LogP contribution in [0, 0.1) is 27.7 Å². The van der Waals surface area contributed by atoms with Gasteiger partial charge in [-0.3, -0.25) is 9.36 Å². The smallest absolute Gasteiger partial charge is 0.234 e. The first-order chi connectivity index (χ1) is 16.3. The molecule has 1 aromatic heterocycles. The number of nitrogens with one attached hydrogen (secondary N) is 1. The quantitative estimate of drug-likeness (QED) is 0.272. The molecule has 0 fully saturated rings. The number of hydrogen-bond acceptors (Lipinski definition) is 4. The highest BCUT2D eigenvalue weighted by molar-refractivity contribution is 9.10. The van der Waals surface area contributed by atoms with Crippen molar-refractivity contribution in [1.82, 2.24) is 14.8 Å². The highest BCUT2D eigenvalue weighted by Gasteiger charge is 2.17. The molecule has 0 bridgehead atoms. The number of aryl methyl sites for hydroxylation is 4. The van der Waals surface area contributed by atoms with E-state index in [4.69, 9.17) is 0 Å². The van der Waals surface area contributed by atoms with Crippen molar-refractivity contribution in [3.05, 3.63) is 98.8 Å². The number of carbonyl (C=O) groups is 1. The van der Waals surface area contributed by atoms with Gasteiger partial charge in [0, 0.05) is 22.3 Å².